The van der Waals surface area contributed by atoms with Crippen LogP contribution in [0.2, 0.25) is 0 Å². The molecule has 0 aliphatic carbocycles. The fourth-order valence-corrected chi connectivity index (χ4v) is 5.36. The number of carbonyl (C=O) groups is 2. The van der Waals surface area contributed by atoms with Gasteiger partial charge in [0.1, 0.15) is 0 Å². The highest BCUT2D eigenvalue weighted by atomic mass is 16.1. The van der Waals surface area contributed by atoms with E-state index in [0.29, 0.717) is 48.0 Å². The molecule has 0 bridgehead atoms. The minimum Gasteiger partial charge on any atom is -0.368 e. The lowest BCUT2D eigenvalue weighted by Crippen LogP contribution is -2.47. The average Bonchev–Trinajstić information content (AvgIpc) is 3.04. The molecule has 3 aromatic carbocycles. The Morgan fingerprint density at radius 1 is 0.744 bits per heavy atom. The molecule has 1 N–H and O–H groups in total. The Bertz CT molecular complexity index is 1840. The van der Waals surface area contributed by atoms with Crippen LogP contribution < -0.4 is 20.7 Å². The molecule has 2 aromatic heterocycles. The summed E-state index contributed by atoms with van der Waals surface area (Å²) in [5, 5.41) is 3.73. The minimum absolute atomic E-state index is 0.0546. The second-order valence-corrected chi connectivity index (χ2v) is 10.6. The number of carbonyl (C=O) groups excluding carboxylic acids is 2. The number of piperazine rings is 1. The molecule has 1 aliphatic rings. The maximum Gasteiger partial charge on any atom is 0.256 e. The number of hydrogen-bond acceptors (Lipinski definition) is 7. The van der Waals surface area contributed by atoms with Crippen LogP contribution in [-0.4, -0.2) is 52.4 Å². The van der Waals surface area contributed by atoms with Gasteiger partial charge in [0.25, 0.3) is 11.5 Å². The average molecular weight is 573 g/mol. The third-order valence-electron chi connectivity index (χ3n) is 7.81. The number of fused-ring (bicyclic) bond motifs is 1. The highest BCUT2D eigenvalue weighted by Gasteiger charge is 2.22. The van der Waals surface area contributed by atoms with Crippen LogP contribution in [0.5, 0.6) is 0 Å². The van der Waals surface area contributed by atoms with Crippen molar-refractivity contribution in [2.75, 3.05) is 36.0 Å². The summed E-state index contributed by atoms with van der Waals surface area (Å²) in [5.41, 5.74) is 5.03. The van der Waals surface area contributed by atoms with Crippen molar-refractivity contribution < 1.29 is 9.59 Å². The Morgan fingerprint density at radius 2 is 1.37 bits per heavy atom. The van der Waals surface area contributed by atoms with Crippen molar-refractivity contribution in [3.63, 3.8) is 0 Å². The lowest BCUT2D eigenvalue weighted by atomic mass is 10.1. The zero-order valence-corrected chi connectivity index (χ0v) is 24.2. The summed E-state index contributed by atoms with van der Waals surface area (Å²) in [7, 11) is 0. The number of ketones is 1. The van der Waals surface area contributed by atoms with Gasteiger partial charge >= 0.3 is 0 Å². The standard InChI is InChI=1S/C34H32N6O3/c1-23-30-16-17-31(42)40(29-14-10-27(11-15-29)33(43)35-22-25-6-4-3-5-7-25)32(30)37-34(36-23)39-20-18-38(19-21-39)28-12-8-26(9-13-28)24(2)41/h3-17H,18-22H2,1-2H3,(H,35,43). The van der Waals surface area contributed by atoms with Gasteiger partial charge in [-0.25, -0.2) is 4.98 Å². The van der Waals surface area contributed by atoms with E-state index in [0.717, 1.165) is 35.4 Å². The van der Waals surface area contributed by atoms with Crippen LogP contribution in [-0.2, 0) is 6.54 Å². The Morgan fingerprint density at radius 3 is 2.05 bits per heavy atom. The van der Waals surface area contributed by atoms with E-state index in [-0.39, 0.29) is 17.2 Å². The van der Waals surface area contributed by atoms with Crippen LogP contribution in [0.4, 0.5) is 11.6 Å². The molecular formula is C34H32N6O3. The van der Waals surface area contributed by atoms with Gasteiger partial charge in [-0.3, -0.25) is 19.0 Å². The topological polar surface area (TPSA) is 100 Å². The highest BCUT2D eigenvalue weighted by Crippen LogP contribution is 2.23. The molecule has 1 amide bonds. The third-order valence-corrected chi connectivity index (χ3v) is 7.81. The second-order valence-electron chi connectivity index (χ2n) is 10.6. The molecule has 0 spiro atoms. The van der Waals surface area contributed by atoms with Gasteiger partial charge in [0, 0.05) is 61.0 Å². The predicted molar refractivity (Wildman–Crippen MR) is 168 cm³/mol. The van der Waals surface area contributed by atoms with Crippen molar-refractivity contribution in [3.8, 4) is 5.69 Å². The molecule has 5 aromatic rings. The summed E-state index contributed by atoms with van der Waals surface area (Å²) >= 11 is 0. The van der Waals surface area contributed by atoms with Gasteiger partial charge < -0.3 is 15.1 Å². The van der Waals surface area contributed by atoms with Crippen LogP contribution in [0.25, 0.3) is 16.7 Å². The van der Waals surface area contributed by atoms with Gasteiger partial charge in [0.2, 0.25) is 5.95 Å². The molecule has 1 fully saturated rings. The number of Topliss-reactive ketones (excluding diaryl/α,β-unsaturated/α-hetero) is 1. The molecule has 1 saturated heterocycles. The zero-order chi connectivity index (χ0) is 29.9. The molecule has 6 rings (SSSR count). The summed E-state index contributed by atoms with van der Waals surface area (Å²) in [6.07, 6.45) is 0. The molecule has 0 unspecified atom stereocenters. The lowest BCUT2D eigenvalue weighted by molar-refractivity contribution is 0.0950. The van der Waals surface area contributed by atoms with Gasteiger partial charge in [0.05, 0.1) is 11.4 Å². The van der Waals surface area contributed by atoms with E-state index >= 15 is 0 Å². The summed E-state index contributed by atoms with van der Waals surface area (Å²) in [5.74, 6) is 0.446. The summed E-state index contributed by atoms with van der Waals surface area (Å²) in [6.45, 7) is 6.90. The number of hydrogen-bond donors (Lipinski definition) is 1. The van der Waals surface area contributed by atoms with Crippen LogP contribution in [0.3, 0.4) is 0 Å². The van der Waals surface area contributed by atoms with Crippen LogP contribution in [0.1, 0.15) is 38.9 Å². The number of nitrogens with one attached hydrogen (secondary N) is 1. The summed E-state index contributed by atoms with van der Waals surface area (Å²) in [6, 6.07) is 27.7. The molecule has 0 radical (unpaired) electrons. The number of pyridine rings is 1. The van der Waals surface area contributed by atoms with E-state index in [2.05, 4.69) is 15.1 Å². The largest absolute Gasteiger partial charge is 0.368 e. The quantitative estimate of drug-likeness (QED) is 0.286. The fraction of sp³-hybridized carbons (Fsp3) is 0.206. The monoisotopic (exact) mass is 572 g/mol. The Kier molecular flexibility index (Phi) is 7.70. The number of amides is 1. The van der Waals surface area contributed by atoms with Crippen LogP contribution in [0.15, 0.2) is 95.8 Å². The molecule has 1 aliphatic heterocycles. The highest BCUT2D eigenvalue weighted by molar-refractivity contribution is 5.95. The third kappa shape index (κ3) is 5.88. The normalized spacial score (nSPS) is 13.3. The Labute approximate surface area is 249 Å². The molecule has 0 atom stereocenters. The zero-order valence-electron chi connectivity index (χ0n) is 24.2. The Balaban J connectivity index is 1.22. The number of anilines is 2. The molecule has 216 valence electrons. The molecular weight excluding hydrogens is 540 g/mol. The van der Waals surface area contributed by atoms with Crippen molar-refractivity contribution >= 4 is 34.4 Å². The van der Waals surface area contributed by atoms with Gasteiger partial charge in [-0.2, -0.15) is 4.98 Å². The number of aryl methyl sites for hydroxylation is 1. The fourth-order valence-electron chi connectivity index (χ4n) is 5.36. The first-order valence-electron chi connectivity index (χ1n) is 14.3. The first kappa shape index (κ1) is 27.8. The second kappa shape index (κ2) is 11.9. The van der Waals surface area contributed by atoms with Gasteiger partial charge in [-0.15, -0.1) is 0 Å². The van der Waals surface area contributed by atoms with E-state index in [4.69, 9.17) is 9.97 Å². The van der Waals surface area contributed by atoms with Gasteiger partial charge in [-0.05, 0) is 74.0 Å². The van der Waals surface area contributed by atoms with Crippen molar-refractivity contribution in [2.24, 2.45) is 0 Å². The smallest absolute Gasteiger partial charge is 0.256 e. The van der Waals surface area contributed by atoms with E-state index < -0.39 is 0 Å². The first-order valence-corrected chi connectivity index (χ1v) is 14.3. The maximum absolute atomic E-state index is 13.2. The number of nitrogens with zero attached hydrogens (tertiary/aromatic N) is 5. The molecule has 43 heavy (non-hydrogen) atoms. The lowest BCUT2D eigenvalue weighted by Gasteiger charge is -2.36. The number of rotatable bonds is 7. The van der Waals surface area contributed by atoms with E-state index in [9.17, 15) is 14.4 Å². The van der Waals surface area contributed by atoms with Gasteiger partial charge in [0.15, 0.2) is 11.4 Å². The van der Waals surface area contributed by atoms with Crippen molar-refractivity contribution in [3.05, 3.63) is 124 Å². The van der Waals surface area contributed by atoms with Crippen molar-refractivity contribution in [1.82, 2.24) is 19.9 Å². The first-order chi connectivity index (χ1) is 20.9. The van der Waals surface area contributed by atoms with Crippen LogP contribution in [0, 0.1) is 6.92 Å². The van der Waals surface area contributed by atoms with Crippen LogP contribution >= 0.6 is 0 Å². The van der Waals surface area contributed by atoms with E-state index in [1.807, 2.05) is 61.5 Å². The predicted octanol–water partition coefficient (Wildman–Crippen LogP) is 4.55. The van der Waals surface area contributed by atoms with Gasteiger partial charge in [-0.1, -0.05) is 30.3 Å². The molecule has 9 nitrogen and oxygen atoms in total. The number of aromatic nitrogens is 3. The minimum atomic E-state index is -0.211. The van der Waals surface area contributed by atoms with E-state index in [1.165, 1.54) is 6.07 Å². The molecule has 0 saturated carbocycles. The Hall–Kier alpha value is -5.31. The maximum atomic E-state index is 13.2. The summed E-state index contributed by atoms with van der Waals surface area (Å²) < 4.78 is 1.58. The number of benzene rings is 3. The molecule has 9 heteroatoms. The van der Waals surface area contributed by atoms with E-state index in [1.54, 1.807) is 41.8 Å². The van der Waals surface area contributed by atoms with Crippen molar-refractivity contribution in [2.45, 2.75) is 20.4 Å². The SMILES string of the molecule is CC(=O)c1ccc(N2CCN(c3nc(C)c4ccc(=O)n(-c5ccc(C(=O)NCc6ccccc6)cc5)c4n3)CC2)cc1. The molecule has 3 heterocycles. The summed E-state index contributed by atoms with van der Waals surface area (Å²) in [4.78, 5) is 51.6. The van der Waals surface area contributed by atoms with Crippen molar-refractivity contribution in [1.29, 1.82) is 0 Å².